The van der Waals surface area contributed by atoms with Crippen molar-refractivity contribution in [1.82, 2.24) is 9.88 Å². The van der Waals surface area contributed by atoms with E-state index in [2.05, 4.69) is 4.98 Å². The number of ether oxygens (including phenoxy) is 1. The number of amides is 1. The number of carbonyl (C=O) groups is 2. The molecule has 0 spiro atoms. The van der Waals surface area contributed by atoms with Crippen LogP contribution < -0.4 is 0 Å². The molecule has 1 saturated heterocycles. The second kappa shape index (κ2) is 5.14. The number of carboxylic acids is 1. The van der Waals surface area contributed by atoms with Crippen molar-refractivity contribution >= 4 is 11.9 Å². The van der Waals surface area contributed by atoms with E-state index in [0.29, 0.717) is 13.1 Å². The summed E-state index contributed by atoms with van der Waals surface area (Å²) >= 11 is 0. The lowest BCUT2D eigenvalue weighted by molar-refractivity contribution is 0.0690. The van der Waals surface area contributed by atoms with Crippen molar-refractivity contribution in [3.8, 4) is 0 Å². The number of aromatic carboxylic acids is 1. The van der Waals surface area contributed by atoms with E-state index in [1.807, 2.05) is 0 Å². The van der Waals surface area contributed by atoms with Crippen LogP contribution in [0.4, 0.5) is 0 Å². The van der Waals surface area contributed by atoms with Gasteiger partial charge in [-0.15, -0.1) is 0 Å². The summed E-state index contributed by atoms with van der Waals surface area (Å²) in [6, 6.07) is 2.82. The maximum absolute atomic E-state index is 12.1. The summed E-state index contributed by atoms with van der Waals surface area (Å²) in [5.41, 5.74) is 0.333. The molecule has 1 atom stereocenters. The fraction of sp³-hybridized carbons (Fsp3) is 0.417. The molecule has 0 aliphatic carbocycles. The highest BCUT2D eigenvalue weighted by molar-refractivity contribution is 5.94. The second-order valence-electron chi connectivity index (χ2n) is 4.13. The van der Waals surface area contributed by atoms with E-state index in [1.54, 1.807) is 12.0 Å². The first-order valence-electron chi connectivity index (χ1n) is 5.63. The summed E-state index contributed by atoms with van der Waals surface area (Å²) in [6.07, 6.45) is 2.08. The minimum atomic E-state index is -1.05. The molecule has 1 N–H and O–H groups in total. The zero-order valence-corrected chi connectivity index (χ0v) is 10.00. The Kier molecular flexibility index (Phi) is 3.57. The Hall–Kier alpha value is -1.95. The van der Waals surface area contributed by atoms with E-state index in [-0.39, 0.29) is 23.3 Å². The minimum absolute atomic E-state index is 0.0720. The van der Waals surface area contributed by atoms with Gasteiger partial charge in [-0.05, 0) is 18.6 Å². The molecule has 2 heterocycles. The zero-order chi connectivity index (χ0) is 13.1. The van der Waals surface area contributed by atoms with Gasteiger partial charge in [-0.1, -0.05) is 0 Å². The lowest BCUT2D eigenvalue weighted by Crippen LogP contribution is -2.30. The standard InChI is InChI=1S/C12H14N2O4/c1-18-9-4-5-14(7-9)11(15)10-3-2-8(6-13-10)12(16)17/h2-3,6,9H,4-5,7H2,1H3,(H,16,17). The number of nitrogens with zero attached hydrogens (tertiary/aromatic N) is 2. The van der Waals surface area contributed by atoms with Crippen LogP contribution in [0.2, 0.25) is 0 Å². The number of methoxy groups -OCH3 is 1. The Morgan fingerprint density at radius 3 is 2.78 bits per heavy atom. The van der Waals surface area contributed by atoms with Gasteiger partial charge in [0.2, 0.25) is 0 Å². The van der Waals surface area contributed by atoms with Gasteiger partial charge >= 0.3 is 5.97 Å². The van der Waals surface area contributed by atoms with Gasteiger partial charge < -0.3 is 14.7 Å². The van der Waals surface area contributed by atoms with E-state index in [4.69, 9.17) is 9.84 Å². The molecular formula is C12H14N2O4. The molecule has 1 aromatic rings. The number of pyridine rings is 1. The summed E-state index contributed by atoms with van der Waals surface area (Å²) < 4.78 is 5.19. The first-order valence-corrected chi connectivity index (χ1v) is 5.63. The lowest BCUT2D eigenvalue weighted by atomic mass is 10.2. The van der Waals surface area contributed by atoms with Gasteiger partial charge in [-0.2, -0.15) is 0 Å². The van der Waals surface area contributed by atoms with Crippen molar-refractivity contribution in [2.75, 3.05) is 20.2 Å². The number of hydrogen-bond donors (Lipinski definition) is 1. The third-order valence-electron chi connectivity index (χ3n) is 3.00. The van der Waals surface area contributed by atoms with Crippen LogP contribution in [-0.2, 0) is 4.74 Å². The highest BCUT2D eigenvalue weighted by atomic mass is 16.5. The van der Waals surface area contributed by atoms with Gasteiger partial charge in [-0.25, -0.2) is 4.79 Å². The SMILES string of the molecule is COC1CCN(C(=O)c2ccc(C(=O)O)cn2)C1. The molecule has 1 aliphatic rings. The monoisotopic (exact) mass is 250 g/mol. The van der Waals surface area contributed by atoms with Crippen LogP contribution in [0.25, 0.3) is 0 Å². The van der Waals surface area contributed by atoms with Gasteiger partial charge in [0.15, 0.2) is 0 Å². The number of rotatable bonds is 3. The van der Waals surface area contributed by atoms with Crippen molar-refractivity contribution in [2.45, 2.75) is 12.5 Å². The quantitative estimate of drug-likeness (QED) is 0.851. The van der Waals surface area contributed by atoms with Crippen LogP contribution in [0.3, 0.4) is 0 Å². The highest BCUT2D eigenvalue weighted by Crippen LogP contribution is 2.14. The van der Waals surface area contributed by atoms with E-state index >= 15 is 0 Å². The average Bonchev–Trinajstić information content (AvgIpc) is 2.86. The molecule has 0 saturated carbocycles. The van der Waals surface area contributed by atoms with Crippen LogP contribution in [0.5, 0.6) is 0 Å². The fourth-order valence-electron chi connectivity index (χ4n) is 1.91. The summed E-state index contributed by atoms with van der Waals surface area (Å²) in [6.45, 7) is 1.19. The average molecular weight is 250 g/mol. The predicted molar refractivity (Wildman–Crippen MR) is 62.5 cm³/mol. The molecular weight excluding hydrogens is 236 g/mol. The summed E-state index contributed by atoms with van der Waals surface area (Å²) in [5.74, 6) is -1.24. The summed E-state index contributed by atoms with van der Waals surface area (Å²) in [4.78, 5) is 28.3. The van der Waals surface area contributed by atoms with Crippen LogP contribution in [-0.4, -0.2) is 53.2 Å². The van der Waals surface area contributed by atoms with Gasteiger partial charge in [-0.3, -0.25) is 9.78 Å². The third kappa shape index (κ3) is 2.48. The summed E-state index contributed by atoms with van der Waals surface area (Å²) in [5, 5.41) is 8.74. The number of carboxylic acid groups (broad SMARTS) is 1. The molecule has 1 amide bonds. The van der Waals surface area contributed by atoms with Crippen LogP contribution in [0, 0.1) is 0 Å². The van der Waals surface area contributed by atoms with Gasteiger partial charge in [0.1, 0.15) is 5.69 Å². The number of carbonyl (C=O) groups excluding carboxylic acids is 1. The van der Waals surface area contributed by atoms with E-state index < -0.39 is 5.97 Å². The van der Waals surface area contributed by atoms with Crippen molar-refractivity contribution in [3.05, 3.63) is 29.6 Å². The minimum Gasteiger partial charge on any atom is -0.478 e. The highest BCUT2D eigenvalue weighted by Gasteiger charge is 2.27. The molecule has 1 aliphatic heterocycles. The van der Waals surface area contributed by atoms with E-state index in [9.17, 15) is 9.59 Å². The molecule has 6 nitrogen and oxygen atoms in total. The van der Waals surface area contributed by atoms with Crippen LogP contribution in [0.15, 0.2) is 18.3 Å². The smallest absolute Gasteiger partial charge is 0.337 e. The van der Waals surface area contributed by atoms with Crippen molar-refractivity contribution in [1.29, 1.82) is 0 Å². The first-order chi connectivity index (χ1) is 8.61. The molecule has 6 heteroatoms. The van der Waals surface area contributed by atoms with E-state index in [0.717, 1.165) is 6.42 Å². The molecule has 0 aromatic carbocycles. The van der Waals surface area contributed by atoms with Crippen molar-refractivity contribution < 1.29 is 19.4 Å². The molecule has 0 bridgehead atoms. The maximum atomic E-state index is 12.1. The molecule has 1 aromatic heterocycles. The van der Waals surface area contributed by atoms with Crippen LogP contribution in [0.1, 0.15) is 27.3 Å². The Labute approximate surface area is 104 Å². The molecule has 0 radical (unpaired) electrons. The topological polar surface area (TPSA) is 79.7 Å². The predicted octanol–water partition coefficient (Wildman–Crippen LogP) is 0.641. The molecule has 96 valence electrons. The number of aromatic nitrogens is 1. The molecule has 1 fully saturated rings. The van der Waals surface area contributed by atoms with Gasteiger partial charge in [0, 0.05) is 26.4 Å². The summed E-state index contributed by atoms with van der Waals surface area (Å²) in [7, 11) is 1.62. The first kappa shape index (κ1) is 12.5. The number of hydrogen-bond acceptors (Lipinski definition) is 4. The zero-order valence-electron chi connectivity index (χ0n) is 10.00. The van der Waals surface area contributed by atoms with E-state index in [1.165, 1.54) is 18.3 Å². The largest absolute Gasteiger partial charge is 0.478 e. The second-order valence-corrected chi connectivity index (χ2v) is 4.13. The number of likely N-dealkylation sites (tertiary alicyclic amines) is 1. The maximum Gasteiger partial charge on any atom is 0.337 e. The van der Waals surface area contributed by atoms with Crippen molar-refractivity contribution in [3.63, 3.8) is 0 Å². The fourth-order valence-corrected chi connectivity index (χ4v) is 1.91. The molecule has 1 unspecified atom stereocenters. The lowest BCUT2D eigenvalue weighted by Gasteiger charge is -2.15. The molecule has 18 heavy (non-hydrogen) atoms. The van der Waals surface area contributed by atoms with Crippen molar-refractivity contribution in [2.24, 2.45) is 0 Å². The Morgan fingerprint density at radius 2 is 2.28 bits per heavy atom. The molecule has 2 rings (SSSR count). The van der Waals surface area contributed by atoms with Gasteiger partial charge in [0.05, 0.1) is 11.7 Å². The van der Waals surface area contributed by atoms with Gasteiger partial charge in [0.25, 0.3) is 5.91 Å². The van der Waals surface area contributed by atoms with Crippen LogP contribution >= 0.6 is 0 Å². The Balaban J connectivity index is 2.07. The Morgan fingerprint density at radius 1 is 1.50 bits per heavy atom. The Bertz CT molecular complexity index is 458. The normalized spacial score (nSPS) is 18.9. The third-order valence-corrected chi connectivity index (χ3v) is 3.00.